The Balaban J connectivity index is 1.18. The second-order valence-corrected chi connectivity index (χ2v) is 28.6. The van der Waals surface area contributed by atoms with Gasteiger partial charge in [-0.05, 0) is 182 Å². The monoisotopic (exact) mass is 962 g/mol. The summed E-state index contributed by atoms with van der Waals surface area (Å²) in [6, 6.07) is 46.9. The molecule has 0 saturated heterocycles. The maximum Gasteiger partial charge on any atom is 0.333 e. The van der Waals surface area contributed by atoms with Crippen LogP contribution in [-0.2, 0) is 32.5 Å². The number of hydrogen-bond acceptors (Lipinski definition) is 4. The first-order valence-corrected chi connectivity index (χ1v) is 28.3. The van der Waals surface area contributed by atoms with Crippen LogP contribution in [-0.4, -0.2) is 6.85 Å². The first-order chi connectivity index (χ1) is 33.6. The van der Waals surface area contributed by atoms with Crippen LogP contribution in [0.1, 0.15) is 155 Å². The number of hydrogen-bond donors (Lipinski definition) is 0. The lowest BCUT2D eigenvalue weighted by atomic mass is 9.42. The van der Waals surface area contributed by atoms with Gasteiger partial charge in [-0.3, -0.25) is 0 Å². The van der Waals surface area contributed by atoms with E-state index >= 15 is 0 Å². The van der Waals surface area contributed by atoms with E-state index < -0.39 is 0 Å². The second-order valence-electron chi connectivity index (χ2n) is 26.4. The van der Waals surface area contributed by atoms with Crippen LogP contribution in [0.15, 0.2) is 115 Å². The van der Waals surface area contributed by atoms with E-state index in [9.17, 15) is 0 Å². The number of nitrogens with zero attached hydrogens (tertiary/aromatic N) is 2. The molecule has 4 heterocycles. The molecule has 0 atom stereocenters. The van der Waals surface area contributed by atoms with Crippen molar-refractivity contribution in [2.75, 3.05) is 9.71 Å². The van der Waals surface area contributed by atoms with Gasteiger partial charge in [-0.2, -0.15) is 0 Å². The number of rotatable bonds is 2. The number of thiophene rings is 2. The number of benzene rings is 7. The van der Waals surface area contributed by atoms with Gasteiger partial charge in [-0.1, -0.05) is 138 Å². The second kappa shape index (κ2) is 14.2. The summed E-state index contributed by atoms with van der Waals surface area (Å²) in [5.74, 6) is 0. The third-order valence-electron chi connectivity index (χ3n) is 19.2. The van der Waals surface area contributed by atoms with Gasteiger partial charge in [0.25, 0.3) is 0 Å². The molecule has 2 aliphatic heterocycles. The van der Waals surface area contributed by atoms with Crippen LogP contribution in [0.3, 0.4) is 0 Å². The van der Waals surface area contributed by atoms with E-state index in [0.29, 0.717) is 0 Å². The standard InChI is InChI=1S/C66H67BN2S2/c1-61(2)25-27-63(5,6)47-31-38(21-23-45(47)61)68-53-36-50-49(65(9,10)29-30-66(50,11)12)35-51(53)67-59-44(34-57-58(60(59)68)41-18-14-16-20-55(41)71-57)42-33-43-40-17-13-15-19-54(40)70-56(43)37-52(42)69(67)39-22-24-46-48(32-39)64(7,8)28-26-62(46,3)4/h13-24,31-37H,25-30H2,1-12H3. The number of fused-ring (bicyclic) bond motifs is 14. The Hall–Kier alpha value is -5.36. The van der Waals surface area contributed by atoms with Gasteiger partial charge in [0.05, 0.1) is 5.69 Å². The van der Waals surface area contributed by atoms with Crippen LogP contribution in [0.2, 0.25) is 0 Å². The van der Waals surface area contributed by atoms with E-state index in [-0.39, 0.29) is 39.3 Å². The summed E-state index contributed by atoms with van der Waals surface area (Å²) in [6.07, 6.45) is 7.10. The summed E-state index contributed by atoms with van der Waals surface area (Å²) in [6.45, 7) is 29.8. The highest BCUT2D eigenvalue weighted by molar-refractivity contribution is 7.26. The van der Waals surface area contributed by atoms with Gasteiger partial charge in [-0.15, -0.1) is 22.7 Å². The molecule has 0 bridgehead atoms. The predicted molar refractivity (Wildman–Crippen MR) is 312 cm³/mol. The van der Waals surface area contributed by atoms with Crippen molar-refractivity contribution in [3.63, 3.8) is 0 Å². The third-order valence-corrected chi connectivity index (χ3v) is 21.5. The molecular weight excluding hydrogens is 896 g/mol. The summed E-state index contributed by atoms with van der Waals surface area (Å²) in [7, 11) is 0. The van der Waals surface area contributed by atoms with E-state index in [4.69, 9.17) is 0 Å². The highest BCUT2D eigenvalue weighted by atomic mass is 32.1. The van der Waals surface area contributed by atoms with Crippen molar-refractivity contribution in [3.8, 4) is 11.1 Å². The summed E-state index contributed by atoms with van der Waals surface area (Å²) >= 11 is 3.92. The average Bonchev–Trinajstić information content (AvgIpc) is 3.90. The van der Waals surface area contributed by atoms with Crippen molar-refractivity contribution in [3.05, 3.63) is 149 Å². The van der Waals surface area contributed by atoms with Gasteiger partial charge in [0.1, 0.15) is 0 Å². The van der Waals surface area contributed by atoms with Gasteiger partial charge >= 0.3 is 6.85 Å². The van der Waals surface area contributed by atoms with Crippen molar-refractivity contribution >= 4 is 109 Å². The molecule has 356 valence electrons. The summed E-state index contributed by atoms with van der Waals surface area (Å²) in [4.78, 5) is 5.63. The zero-order valence-corrected chi connectivity index (χ0v) is 45.6. The topological polar surface area (TPSA) is 6.48 Å². The van der Waals surface area contributed by atoms with E-state index in [0.717, 1.165) is 0 Å². The molecule has 9 aromatic rings. The van der Waals surface area contributed by atoms with Crippen LogP contribution >= 0.6 is 22.7 Å². The largest absolute Gasteiger partial charge is 0.376 e. The van der Waals surface area contributed by atoms with Crippen LogP contribution in [0.25, 0.3) is 51.5 Å². The van der Waals surface area contributed by atoms with E-state index in [1.807, 2.05) is 22.7 Å². The molecular formula is C66H67BN2S2. The fourth-order valence-corrected chi connectivity index (χ4v) is 16.8. The van der Waals surface area contributed by atoms with Crippen molar-refractivity contribution in [2.45, 2.75) is 154 Å². The lowest BCUT2D eigenvalue weighted by Crippen LogP contribution is -2.62. The van der Waals surface area contributed by atoms with Gasteiger partial charge in [0.2, 0.25) is 0 Å². The third kappa shape index (κ3) is 6.12. The molecule has 3 aliphatic carbocycles. The lowest BCUT2D eigenvalue weighted by molar-refractivity contribution is 0.332. The zero-order chi connectivity index (χ0) is 49.1. The smallest absolute Gasteiger partial charge is 0.333 e. The quantitative estimate of drug-likeness (QED) is 0.159. The fourth-order valence-electron chi connectivity index (χ4n) is 14.5. The SMILES string of the molecule is CC1(C)CCC(C)(C)c2cc(N3B4c5cc6c(cc5N(c5ccc7c(c5)C(C)(C)CCC7(C)C)c5c4c(cc4sc7ccccc7c54)-c4cc5c(cc43)sc3ccccc35)C(C)(C)CCC6(C)C)ccc21. The van der Waals surface area contributed by atoms with Crippen LogP contribution in [0.4, 0.5) is 28.4 Å². The molecule has 0 amide bonds. The molecule has 14 rings (SSSR count). The summed E-state index contributed by atoms with van der Waals surface area (Å²) < 4.78 is 5.41. The average molecular weight is 963 g/mol. The first kappa shape index (κ1) is 44.4. The minimum absolute atomic E-state index is 0.0302. The van der Waals surface area contributed by atoms with Crippen LogP contribution < -0.4 is 20.6 Å². The molecule has 2 aromatic heterocycles. The zero-order valence-electron chi connectivity index (χ0n) is 44.0. The Morgan fingerprint density at radius 1 is 0.394 bits per heavy atom. The fraction of sp³-hybridized carbons (Fsp3) is 0.364. The summed E-state index contributed by atoms with van der Waals surface area (Å²) in [5.41, 5.74) is 21.6. The Morgan fingerprint density at radius 3 is 1.51 bits per heavy atom. The van der Waals surface area contributed by atoms with Crippen molar-refractivity contribution < 1.29 is 0 Å². The first-order valence-electron chi connectivity index (χ1n) is 26.7. The van der Waals surface area contributed by atoms with Gasteiger partial charge < -0.3 is 9.71 Å². The molecule has 0 radical (unpaired) electrons. The highest BCUT2D eigenvalue weighted by Gasteiger charge is 2.50. The minimum atomic E-state index is -0.0782. The van der Waals surface area contributed by atoms with Gasteiger partial charge in [0, 0.05) is 68.7 Å². The molecule has 0 fully saturated rings. The maximum absolute atomic E-state index is 2.84. The molecule has 71 heavy (non-hydrogen) atoms. The normalized spacial score (nSPS) is 20.4. The lowest BCUT2D eigenvalue weighted by Gasteiger charge is -2.49. The van der Waals surface area contributed by atoms with Crippen LogP contribution in [0.5, 0.6) is 0 Å². The Kier molecular flexibility index (Phi) is 8.89. The number of anilines is 5. The Bertz CT molecular complexity index is 3810. The Morgan fingerprint density at radius 2 is 0.887 bits per heavy atom. The van der Waals surface area contributed by atoms with Gasteiger partial charge in [0.15, 0.2) is 0 Å². The van der Waals surface area contributed by atoms with Crippen molar-refractivity contribution in [2.24, 2.45) is 0 Å². The molecule has 5 heteroatoms. The molecule has 0 spiro atoms. The van der Waals surface area contributed by atoms with Crippen molar-refractivity contribution in [1.82, 2.24) is 0 Å². The molecule has 2 nitrogen and oxygen atoms in total. The van der Waals surface area contributed by atoms with Gasteiger partial charge in [-0.25, -0.2) is 0 Å². The molecule has 5 aliphatic rings. The minimum Gasteiger partial charge on any atom is -0.376 e. The van der Waals surface area contributed by atoms with E-state index in [1.54, 1.807) is 0 Å². The van der Waals surface area contributed by atoms with E-state index in [1.165, 1.54) is 163 Å². The molecule has 0 saturated carbocycles. The van der Waals surface area contributed by atoms with E-state index in [2.05, 4.69) is 208 Å². The Labute approximate surface area is 430 Å². The summed E-state index contributed by atoms with van der Waals surface area (Å²) in [5, 5.41) is 5.44. The predicted octanol–water partition coefficient (Wildman–Crippen LogP) is 18.2. The van der Waals surface area contributed by atoms with Crippen molar-refractivity contribution in [1.29, 1.82) is 0 Å². The highest BCUT2D eigenvalue weighted by Crippen LogP contribution is 2.57. The maximum atomic E-state index is 2.84. The van der Waals surface area contributed by atoms with Crippen LogP contribution in [0, 0.1) is 0 Å². The molecule has 0 unspecified atom stereocenters. The molecule has 0 N–H and O–H groups in total. The molecule has 7 aromatic carbocycles.